The van der Waals surface area contributed by atoms with Crippen LogP contribution >= 0.6 is 15.9 Å². The molecule has 26 heavy (non-hydrogen) atoms. The summed E-state index contributed by atoms with van der Waals surface area (Å²) in [6.45, 7) is 5.80. The highest BCUT2D eigenvalue weighted by molar-refractivity contribution is 9.10. The fourth-order valence-electron chi connectivity index (χ4n) is 2.56. The molecule has 2 aromatic rings. The molecular formula is C20H22BrFN2O2. The Morgan fingerprint density at radius 2 is 1.88 bits per heavy atom. The van der Waals surface area contributed by atoms with Gasteiger partial charge in [0.05, 0.1) is 0 Å². The highest BCUT2D eigenvalue weighted by Crippen LogP contribution is 2.15. The van der Waals surface area contributed by atoms with E-state index < -0.39 is 6.04 Å². The van der Waals surface area contributed by atoms with Gasteiger partial charge in [0.2, 0.25) is 5.91 Å². The van der Waals surface area contributed by atoms with Crippen LogP contribution in [0.2, 0.25) is 0 Å². The first-order valence-electron chi connectivity index (χ1n) is 8.36. The lowest BCUT2D eigenvalue weighted by Gasteiger charge is -2.22. The van der Waals surface area contributed by atoms with Crippen molar-refractivity contribution < 1.29 is 14.0 Å². The molecule has 0 aliphatic heterocycles. The summed E-state index contributed by atoms with van der Waals surface area (Å²) in [5, 5.41) is 5.55. The Morgan fingerprint density at radius 3 is 2.50 bits per heavy atom. The van der Waals surface area contributed by atoms with Crippen molar-refractivity contribution in [2.45, 2.75) is 33.4 Å². The second-order valence-electron chi connectivity index (χ2n) is 6.56. The lowest BCUT2D eigenvalue weighted by molar-refractivity contribution is -0.124. The van der Waals surface area contributed by atoms with Gasteiger partial charge in [-0.15, -0.1) is 0 Å². The Kier molecular flexibility index (Phi) is 6.91. The molecule has 2 aromatic carbocycles. The predicted octanol–water partition coefficient (Wildman–Crippen LogP) is 3.97. The molecule has 0 aromatic heterocycles. The third-order valence-electron chi connectivity index (χ3n) is 3.91. The van der Waals surface area contributed by atoms with Gasteiger partial charge < -0.3 is 10.6 Å². The average Bonchev–Trinajstić information content (AvgIpc) is 2.56. The molecule has 1 unspecified atom stereocenters. The van der Waals surface area contributed by atoms with Crippen molar-refractivity contribution in [3.63, 3.8) is 0 Å². The minimum atomic E-state index is -0.681. The SMILES string of the molecule is Cc1cccc(C(=O)NC(C(=O)NCc2cc(F)cc(Br)c2)C(C)C)c1. The van der Waals surface area contributed by atoms with Crippen LogP contribution < -0.4 is 10.6 Å². The summed E-state index contributed by atoms with van der Waals surface area (Å²) in [5.41, 5.74) is 2.12. The molecule has 0 saturated carbocycles. The van der Waals surface area contributed by atoms with Gasteiger partial charge in [0.15, 0.2) is 0 Å². The number of hydrogen-bond acceptors (Lipinski definition) is 2. The zero-order chi connectivity index (χ0) is 19.3. The number of halogens is 2. The molecule has 0 bridgehead atoms. The van der Waals surface area contributed by atoms with Crippen molar-refractivity contribution >= 4 is 27.7 Å². The van der Waals surface area contributed by atoms with Gasteiger partial charge in [-0.25, -0.2) is 4.39 Å². The largest absolute Gasteiger partial charge is 0.350 e. The van der Waals surface area contributed by atoms with Crippen LogP contribution in [0, 0.1) is 18.7 Å². The predicted molar refractivity (Wildman–Crippen MR) is 103 cm³/mol. The Morgan fingerprint density at radius 1 is 1.15 bits per heavy atom. The van der Waals surface area contributed by atoms with Gasteiger partial charge in [0, 0.05) is 16.6 Å². The Labute approximate surface area is 161 Å². The molecule has 6 heteroatoms. The summed E-state index contributed by atoms with van der Waals surface area (Å²) < 4.78 is 14.0. The van der Waals surface area contributed by atoms with Gasteiger partial charge in [0.25, 0.3) is 5.91 Å². The Balaban J connectivity index is 2.03. The van der Waals surface area contributed by atoms with Gasteiger partial charge in [0.1, 0.15) is 11.9 Å². The minimum Gasteiger partial charge on any atom is -0.350 e. The van der Waals surface area contributed by atoms with Crippen LogP contribution in [-0.4, -0.2) is 17.9 Å². The molecule has 0 spiro atoms. The quantitative estimate of drug-likeness (QED) is 0.742. The van der Waals surface area contributed by atoms with E-state index in [2.05, 4.69) is 26.6 Å². The second-order valence-corrected chi connectivity index (χ2v) is 7.48. The normalized spacial score (nSPS) is 11.9. The van der Waals surface area contributed by atoms with Crippen molar-refractivity contribution in [1.82, 2.24) is 10.6 Å². The first kappa shape index (κ1) is 20.1. The second kappa shape index (κ2) is 8.94. The van der Waals surface area contributed by atoms with E-state index in [1.165, 1.54) is 12.1 Å². The van der Waals surface area contributed by atoms with Crippen LogP contribution in [0.1, 0.15) is 35.3 Å². The van der Waals surface area contributed by atoms with Crippen LogP contribution in [-0.2, 0) is 11.3 Å². The van der Waals surface area contributed by atoms with E-state index in [9.17, 15) is 14.0 Å². The zero-order valence-electron chi connectivity index (χ0n) is 15.0. The number of aryl methyl sites for hydroxylation is 1. The molecular weight excluding hydrogens is 399 g/mol. The molecule has 2 amide bonds. The maximum Gasteiger partial charge on any atom is 0.251 e. The fourth-order valence-corrected chi connectivity index (χ4v) is 3.07. The lowest BCUT2D eigenvalue weighted by atomic mass is 10.0. The number of nitrogens with one attached hydrogen (secondary N) is 2. The summed E-state index contributed by atoms with van der Waals surface area (Å²) in [6.07, 6.45) is 0. The minimum absolute atomic E-state index is 0.0944. The lowest BCUT2D eigenvalue weighted by Crippen LogP contribution is -2.49. The monoisotopic (exact) mass is 420 g/mol. The molecule has 0 aliphatic carbocycles. The van der Waals surface area contributed by atoms with E-state index in [0.29, 0.717) is 15.6 Å². The summed E-state index contributed by atoms with van der Waals surface area (Å²) in [7, 11) is 0. The topological polar surface area (TPSA) is 58.2 Å². The van der Waals surface area contributed by atoms with Crippen molar-refractivity contribution in [2.24, 2.45) is 5.92 Å². The number of hydrogen-bond donors (Lipinski definition) is 2. The third kappa shape index (κ3) is 5.66. The molecule has 0 heterocycles. The standard InChI is InChI=1S/C20H22BrFN2O2/c1-12(2)18(24-19(25)15-6-4-5-13(3)7-15)20(26)23-11-14-8-16(21)10-17(22)9-14/h4-10,12,18H,11H2,1-3H3,(H,23,26)(H,24,25). The third-order valence-corrected chi connectivity index (χ3v) is 4.36. The number of carbonyl (C=O) groups excluding carboxylic acids is 2. The van der Waals surface area contributed by atoms with E-state index in [-0.39, 0.29) is 30.1 Å². The maximum absolute atomic E-state index is 13.4. The van der Waals surface area contributed by atoms with Gasteiger partial charge in [-0.05, 0) is 48.7 Å². The first-order chi connectivity index (χ1) is 12.3. The number of benzene rings is 2. The van der Waals surface area contributed by atoms with Crippen LogP contribution in [0.3, 0.4) is 0 Å². The molecule has 4 nitrogen and oxygen atoms in total. The van der Waals surface area contributed by atoms with Crippen LogP contribution in [0.25, 0.3) is 0 Å². The average molecular weight is 421 g/mol. The van der Waals surface area contributed by atoms with Crippen molar-refractivity contribution in [1.29, 1.82) is 0 Å². The van der Waals surface area contributed by atoms with Crippen molar-refractivity contribution in [3.05, 3.63) is 69.4 Å². The molecule has 0 radical (unpaired) electrons. The summed E-state index contributed by atoms with van der Waals surface area (Å²) in [5.74, 6) is -1.07. The van der Waals surface area contributed by atoms with Gasteiger partial charge >= 0.3 is 0 Å². The van der Waals surface area contributed by atoms with Gasteiger partial charge in [-0.2, -0.15) is 0 Å². The summed E-state index contributed by atoms with van der Waals surface area (Å²) >= 11 is 3.23. The van der Waals surface area contributed by atoms with E-state index in [1.807, 2.05) is 26.8 Å². The smallest absolute Gasteiger partial charge is 0.251 e. The van der Waals surface area contributed by atoms with E-state index in [0.717, 1.165) is 5.56 Å². The number of rotatable bonds is 6. The van der Waals surface area contributed by atoms with Crippen LogP contribution in [0.15, 0.2) is 46.9 Å². The van der Waals surface area contributed by atoms with Crippen molar-refractivity contribution in [3.8, 4) is 0 Å². The highest BCUT2D eigenvalue weighted by Gasteiger charge is 2.24. The van der Waals surface area contributed by atoms with Gasteiger partial charge in [-0.1, -0.05) is 47.5 Å². The molecule has 2 rings (SSSR count). The van der Waals surface area contributed by atoms with E-state index >= 15 is 0 Å². The Hall–Kier alpha value is -2.21. The fraction of sp³-hybridized carbons (Fsp3) is 0.300. The van der Waals surface area contributed by atoms with E-state index in [1.54, 1.807) is 24.3 Å². The Bertz CT molecular complexity index is 788. The molecule has 1 atom stereocenters. The summed E-state index contributed by atoms with van der Waals surface area (Å²) in [4.78, 5) is 25.0. The molecule has 0 aliphatic rings. The van der Waals surface area contributed by atoms with Crippen molar-refractivity contribution in [2.75, 3.05) is 0 Å². The summed E-state index contributed by atoms with van der Waals surface area (Å²) in [6, 6.07) is 11.0. The first-order valence-corrected chi connectivity index (χ1v) is 9.16. The maximum atomic E-state index is 13.4. The van der Waals surface area contributed by atoms with E-state index in [4.69, 9.17) is 0 Å². The number of amides is 2. The molecule has 138 valence electrons. The van der Waals surface area contributed by atoms with Gasteiger partial charge in [-0.3, -0.25) is 9.59 Å². The highest BCUT2D eigenvalue weighted by atomic mass is 79.9. The molecule has 2 N–H and O–H groups in total. The van der Waals surface area contributed by atoms with Crippen LogP contribution in [0.5, 0.6) is 0 Å². The molecule has 0 saturated heterocycles. The number of carbonyl (C=O) groups is 2. The zero-order valence-corrected chi connectivity index (χ0v) is 16.6. The molecule has 0 fully saturated rings. The van der Waals surface area contributed by atoms with Crippen LogP contribution in [0.4, 0.5) is 4.39 Å².